The Balaban J connectivity index is 1.90. The second kappa shape index (κ2) is 11.0. The molecule has 5 heterocycles. The fourth-order valence-electron chi connectivity index (χ4n) is 7.10. The molecule has 0 spiro atoms. The van der Waals surface area contributed by atoms with Crippen LogP contribution >= 0.6 is 0 Å². The molecule has 0 saturated carbocycles. The minimum atomic E-state index is 0.745. The SMILES string of the molecule is CCC1=C(C)c2cc3c(C)c(CC)c(cc4nc(cc5[nH]c(cc1n2)c(CC)c5C)C(C)=C4CC)n3-c1ccccc1N. The minimum absolute atomic E-state index is 0.745. The number of nitrogens with one attached hydrogen (secondary N) is 1. The van der Waals surface area contributed by atoms with Gasteiger partial charge < -0.3 is 15.3 Å². The van der Waals surface area contributed by atoms with E-state index in [-0.39, 0.29) is 0 Å². The van der Waals surface area contributed by atoms with Crippen molar-refractivity contribution >= 4 is 50.0 Å². The van der Waals surface area contributed by atoms with Crippen LogP contribution < -0.4 is 5.73 Å². The molecule has 3 N–H and O–H groups in total. The van der Waals surface area contributed by atoms with Crippen LogP contribution in [0.25, 0.3) is 50.0 Å². The summed E-state index contributed by atoms with van der Waals surface area (Å²) < 4.78 is 2.33. The maximum atomic E-state index is 6.68. The van der Waals surface area contributed by atoms with E-state index >= 15 is 0 Å². The molecule has 0 atom stereocenters. The van der Waals surface area contributed by atoms with Gasteiger partial charge in [0.2, 0.25) is 0 Å². The normalized spacial score (nSPS) is 13.4. The lowest BCUT2D eigenvalue weighted by molar-refractivity contribution is 1.12. The number of nitrogens with zero attached hydrogens (tertiary/aromatic N) is 3. The maximum Gasteiger partial charge on any atom is 0.0693 e. The van der Waals surface area contributed by atoms with Gasteiger partial charge in [-0.05, 0) is 134 Å². The van der Waals surface area contributed by atoms with E-state index in [9.17, 15) is 0 Å². The predicted molar refractivity (Wildman–Crippen MR) is 184 cm³/mol. The number of aromatic amines is 1. The first kappa shape index (κ1) is 28.7. The number of benzene rings is 1. The summed E-state index contributed by atoms with van der Waals surface area (Å²) in [4.78, 5) is 14.3. The summed E-state index contributed by atoms with van der Waals surface area (Å²) in [6.45, 7) is 17.8. The van der Waals surface area contributed by atoms with Crippen LogP contribution in [0, 0.1) is 13.8 Å². The Morgan fingerprint density at radius 1 is 0.628 bits per heavy atom. The minimum Gasteiger partial charge on any atom is -0.397 e. The van der Waals surface area contributed by atoms with Gasteiger partial charge in [-0.25, -0.2) is 9.97 Å². The van der Waals surface area contributed by atoms with E-state index in [0.717, 1.165) is 81.9 Å². The largest absolute Gasteiger partial charge is 0.397 e. The third-order valence-electron chi connectivity index (χ3n) is 9.55. The average Bonchev–Trinajstić information content (AvgIpc) is 3.64. The van der Waals surface area contributed by atoms with Gasteiger partial charge in [0.15, 0.2) is 0 Å². The molecule has 220 valence electrons. The number of aromatic nitrogens is 4. The van der Waals surface area contributed by atoms with Crippen LogP contribution in [0.1, 0.15) is 99.4 Å². The summed E-state index contributed by atoms with van der Waals surface area (Å²) in [6.07, 6.45) is 3.67. The zero-order valence-corrected chi connectivity index (χ0v) is 26.9. The van der Waals surface area contributed by atoms with E-state index in [1.54, 1.807) is 0 Å². The molecule has 6 rings (SSSR count). The number of fused-ring (bicyclic) bond motifs is 8. The van der Waals surface area contributed by atoms with E-state index in [2.05, 4.69) is 101 Å². The molecule has 8 bridgehead atoms. The van der Waals surface area contributed by atoms with Gasteiger partial charge >= 0.3 is 0 Å². The summed E-state index contributed by atoms with van der Waals surface area (Å²) in [7, 11) is 0. The molecule has 5 heteroatoms. The first-order valence-corrected chi connectivity index (χ1v) is 15.7. The van der Waals surface area contributed by atoms with Crippen molar-refractivity contribution in [1.29, 1.82) is 0 Å². The molecule has 2 aliphatic heterocycles. The average molecular weight is 570 g/mol. The number of allylic oxidation sites excluding steroid dienone is 4. The maximum absolute atomic E-state index is 6.68. The van der Waals surface area contributed by atoms with Crippen molar-refractivity contribution in [3.05, 3.63) is 93.6 Å². The summed E-state index contributed by atoms with van der Waals surface area (Å²) >= 11 is 0. The molecule has 2 aliphatic rings. The highest BCUT2D eigenvalue weighted by Crippen LogP contribution is 2.38. The second-order valence-electron chi connectivity index (χ2n) is 11.8. The van der Waals surface area contributed by atoms with Crippen LogP contribution in [-0.2, 0) is 12.8 Å². The van der Waals surface area contributed by atoms with E-state index < -0.39 is 0 Å². The summed E-state index contributed by atoms with van der Waals surface area (Å²) in [6, 6.07) is 17.2. The Hall–Kier alpha value is -4.38. The van der Waals surface area contributed by atoms with Gasteiger partial charge in [-0.15, -0.1) is 0 Å². The first-order valence-electron chi connectivity index (χ1n) is 15.7. The lowest BCUT2D eigenvalue weighted by Gasteiger charge is -2.11. The molecule has 0 saturated heterocycles. The molecule has 43 heavy (non-hydrogen) atoms. The van der Waals surface area contributed by atoms with Crippen molar-refractivity contribution in [3.8, 4) is 5.69 Å². The Kier molecular flexibility index (Phi) is 7.37. The smallest absolute Gasteiger partial charge is 0.0693 e. The summed E-state index contributed by atoms with van der Waals surface area (Å²) in [5.74, 6) is 0. The number of hydrogen-bond acceptors (Lipinski definition) is 3. The highest BCUT2D eigenvalue weighted by atomic mass is 15.0. The lowest BCUT2D eigenvalue weighted by atomic mass is 10.0. The van der Waals surface area contributed by atoms with Gasteiger partial charge in [-0.2, -0.15) is 0 Å². The van der Waals surface area contributed by atoms with Gasteiger partial charge in [-0.1, -0.05) is 39.8 Å². The number of nitrogen functional groups attached to an aromatic ring is 1. The third kappa shape index (κ3) is 4.53. The van der Waals surface area contributed by atoms with Crippen molar-refractivity contribution < 1.29 is 0 Å². The number of anilines is 1. The van der Waals surface area contributed by atoms with Crippen molar-refractivity contribution in [2.24, 2.45) is 0 Å². The van der Waals surface area contributed by atoms with E-state index in [0.29, 0.717) is 0 Å². The van der Waals surface area contributed by atoms with E-state index in [1.807, 2.05) is 12.1 Å². The number of rotatable bonds is 5. The second-order valence-corrected chi connectivity index (χ2v) is 11.8. The molecule has 3 aromatic heterocycles. The molecule has 5 nitrogen and oxygen atoms in total. The number of aryl methyl sites for hydroxylation is 4. The van der Waals surface area contributed by atoms with Crippen LogP contribution in [0.5, 0.6) is 0 Å². The molecular formula is C38H43N5. The molecule has 0 unspecified atom stereocenters. The third-order valence-corrected chi connectivity index (χ3v) is 9.55. The Morgan fingerprint density at radius 2 is 1.19 bits per heavy atom. The van der Waals surface area contributed by atoms with Crippen molar-refractivity contribution in [1.82, 2.24) is 19.5 Å². The Morgan fingerprint density at radius 3 is 1.79 bits per heavy atom. The van der Waals surface area contributed by atoms with Crippen LogP contribution in [0.4, 0.5) is 5.69 Å². The molecule has 1 aromatic carbocycles. The lowest BCUT2D eigenvalue weighted by Crippen LogP contribution is -2.00. The van der Waals surface area contributed by atoms with Crippen molar-refractivity contribution in [2.75, 3.05) is 5.73 Å². The van der Waals surface area contributed by atoms with Crippen LogP contribution in [-0.4, -0.2) is 19.5 Å². The Bertz CT molecular complexity index is 2010. The van der Waals surface area contributed by atoms with E-state index in [4.69, 9.17) is 15.7 Å². The topological polar surface area (TPSA) is 72.5 Å². The zero-order chi connectivity index (χ0) is 30.6. The van der Waals surface area contributed by atoms with E-state index in [1.165, 1.54) is 44.5 Å². The predicted octanol–water partition coefficient (Wildman–Crippen LogP) is 9.78. The van der Waals surface area contributed by atoms with Crippen molar-refractivity contribution in [3.63, 3.8) is 0 Å². The fourth-order valence-corrected chi connectivity index (χ4v) is 7.10. The quantitative estimate of drug-likeness (QED) is 0.235. The van der Waals surface area contributed by atoms with Gasteiger partial charge in [-0.3, -0.25) is 0 Å². The standard InChI is InChI=1S/C38H43N5/c1-9-25-21(5)30-17-31-22(6)27(11-3)35(41-31)20-38-28(12-4)24(8)37(43(38)36-16-14-13-15-29(36)39)19-32-23(7)26(10-2)34(42-32)18-33(25)40-30/h13-20,40H,9-12,39H2,1-8H3. The van der Waals surface area contributed by atoms with Gasteiger partial charge in [0.25, 0.3) is 0 Å². The monoisotopic (exact) mass is 569 g/mol. The number of H-pyrrole nitrogens is 1. The highest BCUT2D eigenvalue weighted by molar-refractivity contribution is 5.95. The van der Waals surface area contributed by atoms with Gasteiger partial charge in [0.1, 0.15) is 0 Å². The Labute approximate surface area is 255 Å². The van der Waals surface area contributed by atoms with Crippen LogP contribution in [0.3, 0.4) is 0 Å². The van der Waals surface area contributed by atoms with Gasteiger partial charge in [0.05, 0.1) is 45.2 Å². The molecule has 4 aromatic rings. The first-order chi connectivity index (χ1) is 20.7. The molecule has 0 fully saturated rings. The molecule has 0 aliphatic carbocycles. The summed E-state index contributed by atoms with van der Waals surface area (Å²) in [5.41, 5.74) is 27.2. The molecular weight excluding hydrogens is 526 g/mol. The molecule has 0 amide bonds. The zero-order valence-electron chi connectivity index (χ0n) is 26.9. The van der Waals surface area contributed by atoms with Crippen LogP contribution in [0.15, 0.2) is 48.5 Å². The number of para-hydroxylation sites is 2. The molecule has 0 radical (unpaired) electrons. The highest BCUT2D eigenvalue weighted by Gasteiger charge is 2.22. The van der Waals surface area contributed by atoms with Crippen molar-refractivity contribution in [2.45, 2.75) is 81.1 Å². The van der Waals surface area contributed by atoms with Gasteiger partial charge in [0, 0.05) is 11.0 Å². The summed E-state index contributed by atoms with van der Waals surface area (Å²) in [5, 5.41) is 0. The van der Waals surface area contributed by atoms with Crippen LogP contribution in [0.2, 0.25) is 0 Å². The fraction of sp³-hybridized carbons (Fsp3) is 0.316. The number of nitrogens with two attached hydrogens (primary N) is 1. The number of hydrogen-bond donors (Lipinski definition) is 2.